The van der Waals surface area contributed by atoms with Crippen molar-refractivity contribution < 1.29 is 24.2 Å². The molecule has 1 aliphatic rings. The summed E-state index contributed by atoms with van der Waals surface area (Å²) >= 11 is 0. The second-order valence-electron chi connectivity index (χ2n) is 6.15. The van der Waals surface area contributed by atoms with Crippen LogP contribution in [0.15, 0.2) is 18.2 Å². The van der Waals surface area contributed by atoms with Gasteiger partial charge in [0.05, 0.1) is 13.2 Å². The number of methoxy groups -OCH3 is 1. The molecular formula is C18H22N2O5. The van der Waals surface area contributed by atoms with Crippen LogP contribution in [0.1, 0.15) is 49.4 Å². The summed E-state index contributed by atoms with van der Waals surface area (Å²) in [5.74, 6) is -1.58. The van der Waals surface area contributed by atoms with E-state index in [1.165, 1.54) is 32.2 Å². The van der Waals surface area contributed by atoms with E-state index in [0.717, 1.165) is 19.3 Å². The number of aromatic hydroxyl groups is 1. The van der Waals surface area contributed by atoms with Crippen molar-refractivity contribution in [2.45, 2.75) is 50.7 Å². The fraction of sp³-hybridized carbons (Fsp3) is 0.500. The molecule has 1 atom stereocenters. The Bertz CT molecular complexity index is 689. The van der Waals surface area contributed by atoms with Gasteiger partial charge in [-0.3, -0.25) is 4.79 Å². The lowest BCUT2D eigenvalue weighted by Gasteiger charge is -2.32. The predicted molar refractivity (Wildman–Crippen MR) is 89.1 cm³/mol. The number of para-hydroxylation sites is 1. The lowest BCUT2D eigenvalue weighted by atomic mass is 9.83. The molecule has 0 aliphatic heterocycles. The number of carbonyl (C=O) groups excluding carboxylic acids is 2. The van der Waals surface area contributed by atoms with E-state index in [2.05, 4.69) is 11.4 Å². The maximum Gasteiger partial charge on any atom is 0.342 e. The number of nitrogens with one attached hydrogen (secondary N) is 1. The molecule has 7 heteroatoms. The van der Waals surface area contributed by atoms with E-state index >= 15 is 0 Å². The zero-order valence-corrected chi connectivity index (χ0v) is 14.4. The summed E-state index contributed by atoms with van der Waals surface area (Å²) in [5.41, 5.74) is -0.986. The van der Waals surface area contributed by atoms with Crippen molar-refractivity contribution in [3.8, 4) is 17.6 Å². The van der Waals surface area contributed by atoms with Gasteiger partial charge in [0, 0.05) is 0 Å². The third-order valence-corrected chi connectivity index (χ3v) is 4.38. The molecule has 25 heavy (non-hydrogen) atoms. The Morgan fingerprint density at radius 3 is 2.60 bits per heavy atom. The molecule has 0 bridgehead atoms. The van der Waals surface area contributed by atoms with Gasteiger partial charge < -0.3 is 19.9 Å². The number of esters is 1. The molecule has 2 rings (SSSR count). The monoisotopic (exact) mass is 346 g/mol. The fourth-order valence-electron chi connectivity index (χ4n) is 2.89. The molecule has 1 aromatic rings. The molecule has 1 fully saturated rings. The zero-order valence-electron chi connectivity index (χ0n) is 14.4. The Labute approximate surface area is 146 Å². The Kier molecular flexibility index (Phi) is 5.86. The highest BCUT2D eigenvalue weighted by atomic mass is 16.5. The number of hydrogen-bond acceptors (Lipinski definition) is 6. The van der Waals surface area contributed by atoms with Gasteiger partial charge in [-0.2, -0.15) is 5.26 Å². The normalized spacial score (nSPS) is 17.0. The van der Waals surface area contributed by atoms with E-state index in [-0.39, 0.29) is 17.1 Å². The van der Waals surface area contributed by atoms with Gasteiger partial charge in [0.15, 0.2) is 17.6 Å². The van der Waals surface area contributed by atoms with Crippen LogP contribution in [0, 0.1) is 11.3 Å². The Balaban J connectivity index is 2.03. The van der Waals surface area contributed by atoms with Gasteiger partial charge >= 0.3 is 5.97 Å². The van der Waals surface area contributed by atoms with Gasteiger partial charge in [-0.05, 0) is 31.9 Å². The number of ether oxygens (including phenoxy) is 2. The first-order chi connectivity index (χ1) is 11.9. The molecule has 0 saturated heterocycles. The van der Waals surface area contributed by atoms with Crippen LogP contribution in [-0.4, -0.2) is 35.7 Å². The van der Waals surface area contributed by atoms with E-state index in [1.54, 1.807) is 0 Å². The van der Waals surface area contributed by atoms with E-state index in [1.807, 2.05) is 0 Å². The molecular weight excluding hydrogens is 324 g/mol. The molecule has 1 amide bonds. The van der Waals surface area contributed by atoms with Crippen LogP contribution in [0.5, 0.6) is 11.5 Å². The van der Waals surface area contributed by atoms with E-state index in [9.17, 15) is 20.0 Å². The highest BCUT2D eigenvalue weighted by molar-refractivity contribution is 5.95. The molecule has 1 aromatic carbocycles. The molecule has 0 heterocycles. The molecule has 1 aliphatic carbocycles. The smallest absolute Gasteiger partial charge is 0.342 e. The van der Waals surface area contributed by atoms with Gasteiger partial charge in [-0.25, -0.2) is 4.79 Å². The number of nitriles is 1. The fourth-order valence-corrected chi connectivity index (χ4v) is 2.89. The van der Waals surface area contributed by atoms with Gasteiger partial charge in [0.1, 0.15) is 11.1 Å². The number of nitrogens with zero attached hydrogens (tertiary/aromatic N) is 1. The molecule has 0 unspecified atom stereocenters. The summed E-state index contributed by atoms with van der Waals surface area (Å²) < 4.78 is 10.1. The molecule has 2 N–H and O–H groups in total. The first-order valence-corrected chi connectivity index (χ1v) is 8.22. The van der Waals surface area contributed by atoms with E-state index in [0.29, 0.717) is 12.8 Å². The highest BCUT2D eigenvalue weighted by Gasteiger charge is 2.35. The van der Waals surface area contributed by atoms with Gasteiger partial charge in [0.2, 0.25) is 0 Å². The number of phenolic OH excluding ortho intramolecular Hbond substituents is 1. The highest BCUT2D eigenvalue weighted by Crippen LogP contribution is 2.30. The minimum absolute atomic E-state index is 0.0911. The third-order valence-electron chi connectivity index (χ3n) is 4.38. The van der Waals surface area contributed by atoms with Crippen molar-refractivity contribution in [3.05, 3.63) is 23.8 Å². The number of amides is 1. The minimum Gasteiger partial charge on any atom is -0.504 e. The molecule has 0 aromatic heterocycles. The van der Waals surface area contributed by atoms with Gasteiger partial charge in [-0.1, -0.05) is 25.3 Å². The molecule has 0 spiro atoms. The number of phenols is 1. The second-order valence-corrected chi connectivity index (χ2v) is 6.15. The Morgan fingerprint density at radius 1 is 1.32 bits per heavy atom. The summed E-state index contributed by atoms with van der Waals surface area (Å²) in [6, 6.07) is 6.60. The Morgan fingerprint density at radius 2 is 2.00 bits per heavy atom. The van der Waals surface area contributed by atoms with Crippen LogP contribution in [0.4, 0.5) is 0 Å². The topological polar surface area (TPSA) is 109 Å². The van der Waals surface area contributed by atoms with Crippen molar-refractivity contribution in [2.75, 3.05) is 7.11 Å². The summed E-state index contributed by atoms with van der Waals surface area (Å²) in [4.78, 5) is 24.5. The summed E-state index contributed by atoms with van der Waals surface area (Å²) in [6.45, 7) is 1.43. The quantitative estimate of drug-likeness (QED) is 0.792. The van der Waals surface area contributed by atoms with Crippen molar-refractivity contribution in [2.24, 2.45) is 0 Å². The Hall–Kier alpha value is -2.75. The van der Waals surface area contributed by atoms with Crippen molar-refractivity contribution in [1.82, 2.24) is 5.32 Å². The average Bonchev–Trinajstić information content (AvgIpc) is 2.62. The first kappa shape index (κ1) is 18.6. The first-order valence-electron chi connectivity index (χ1n) is 8.22. The SMILES string of the molecule is COc1cccc(C(=O)O[C@H](C)C(=O)NC2(C#N)CCCCC2)c1O. The van der Waals surface area contributed by atoms with Gasteiger partial charge in [0.25, 0.3) is 5.91 Å². The molecule has 7 nitrogen and oxygen atoms in total. The van der Waals surface area contributed by atoms with Gasteiger partial charge in [-0.15, -0.1) is 0 Å². The molecule has 0 radical (unpaired) electrons. The number of hydrogen-bond donors (Lipinski definition) is 2. The standard InChI is InChI=1S/C18H22N2O5/c1-12(16(22)20-18(11-19)9-4-3-5-10-18)25-17(23)13-7-6-8-14(24-2)15(13)21/h6-8,12,21H,3-5,9-10H2,1-2H3,(H,20,22)/t12-/m1/s1. The molecule has 1 saturated carbocycles. The lowest BCUT2D eigenvalue weighted by Crippen LogP contribution is -2.52. The largest absolute Gasteiger partial charge is 0.504 e. The van der Waals surface area contributed by atoms with E-state index < -0.39 is 23.5 Å². The maximum atomic E-state index is 12.3. The number of carbonyl (C=O) groups is 2. The number of benzene rings is 1. The molecule has 134 valence electrons. The lowest BCUT2D eigenvalue weighted by molar-refractivity contribution is -0.130. The number of rotatable bonds is 5. The predicted octanol–water partition coefficient (Wildman–Crippen LogP) is 2.29. The summed E-state index contributed by atoms with van der Waals surface area (Å²) in [7, 11) is 1.37. The van der Waals surface area contributed by atoms with Crippen molar-refractivity contribution in [3.63, 3.8) is 0 Å². The second kappa shape index (κ2) is 7.88. The van der Waals surface area contributed by atoms with Crippen molar-refractivity contribution >= 4 is 11.9 Å². The van der Waals surface area contributed by atoms with Crippen LogP contribution < -0.4 is 10.1 Å². The minimum atomic E-state index is -1.09. The van der Waals surface area contributed by atoms with E-state index in [4.69, 9.17) is 9.47 Å². The van der Waals surface area contributed by atoms with Crippen LogP contribution in [0.2, 0.25) is 0 Å². The van der Waals surface area contributed by atoms with Crippen LogP contribution in [0.25, 0.3) is 0 Å². The van der Waals surface area contributed by atoms with Crippen LogP contribution >= 0.6 is 0 Å². The van der Waals surface area contributed by atoms with Crippen LogP contribution in [-0.2, 0) is 9.53 Å². The average molecular weight is 346 g/mol. The maximum absolute atomic E-state index is 12.3. The summed E-state index contributed by atoms with van der Waals surface area (Å²) in [6.07, 6.45) is 2.88. The van der Waals surface area contributed by atoms with Crippen molar-refractivity contribution in [1.29, 1.82) is 5.26 Å². The zero-order chi connectivity index (χ0) is 18.4. The summed E-state index contributed by atoms with van der Waals surface area (Å²) in [5, 5.41) is 22.1. The third kappa shape index (κ3) is 4.21. The van der Waals surface area contributed by atoms with Crippen LogP contribution in [0.3, 0.4) is 0 Å².